The van der Waals surface area contributed by atoms with E-state index in [1.807, 2.05) is 0 Å². The van der Waals surface area contributed by atoms with Crippen molar-refractivity contribution in [2.75, 3.05) is 11.4 Å². The molecule has 1 nitrogen and oxygen atoms in total. The van der Waals surface area contributed by atoms with Crippen molar-refractivity contribution in [2.45, 2.75) is 0 Å². The van der Waals surface area contributed by atoms with Gasteiger partial charge in [-0.2, -0.15) is 0 Å². The highest BCUT2D eigenvalue weighted by molar-refractivity contribution is 5.81. The minimum atomic E-state index is 0.944. The van der Waals surface area contributed by atoms with Gasteiger partial charge in [0.05, 0.1) is 5.69 Å². The van der Waals surface area contributed by atoms with E-state index in [9.17, 15) is 0 Å². The third kappa shape index (κ3) is 1.54. The number of hydrogen-bond donors (Lipinski definition) is 0. The Kier molecular flexibility index (Phi) is 2.33. The first kappa shape index (κ1) is 11.8. The van der Waals surface area contributed by atoms with Gasteiger partial charge in [-0.05, 0) is 39.1 Å². The highest BCUT2D eigenvalue weighted by Gasteiger charge is 2.19. The van der Waals surface area contributed by atoms with Crippen LogP contribution in [-0.2, 0) is 0 Å². The third-order valence-corrected chi connectivity index (χ3v) is 4.63. The van der Waals surface area contributed by atoms with Gasteiger partial charge in [0.25, 0.3) is 0 Å². The maximum atomic E-state index is 2.41. The summed E-state index contributed by atoms with van der Waals surface area (Å²) >= 11 is 0. The summed E-state index contributed by atoms with van der Waals surface area (Å²) in [6.07, 6.45) is 4.65. The Labute approximate surface area is 128 Å². The van der Waals surface area contributed by atoms with Gasteiger partial charge in [-0.3, -0.25) is 0 Å². The first-order valence-electron chi connectivity index (χ1n) is 7.69. The number of para-hydroxylation sites is 1. The molecule has 104 valence electrons. The zero-order valence-electron chi connectivity index (χ0n) is 12.2. The molecule has 0 amide bonds. The van der Waals surface area contributed by atoms with E-state index in [0.29, 0.717) is 0 Å². The summed E-state index contributed by atoms with van der Waals surface area (Å²) in [6, 6.07) is 23.8. The van der Waals surface area contributed by atoms with Gasteiger partial charge in [-0.25, -0.2) is 0 Å². The molecule has 3 aromatic rings. The molecule has 1 heterocycles. The Morgan fingerprint density at radius 2 is 1.50 bits per heavy atom. The van der Waals surface area contributed by atoms with Crippen LogP contribution in [0.1, 0.15) is 5.56 Å². The minimum absolute atomic E-state index is 0.944. The van der Waals surface area contributed by atoms with Crippen molar-refractivity contribution >= 4 is 23.5 Å². The molecule has 0 atom stereocenters. The van der Waals surface area contributed by atoms with Gasteiger partial charge in [0.1, 0.15) is 0 Å². The van der Waals surface area contributed by atoms with Crippen molar-refractivity contribution in [3.63, 3.8) is 0 Å². The first-order chi connectivity index (χ1) is 10.9. The molecule has 0 saturated heterocycles. The molecule has 0 fully saturated rings. The third-order valence-electron chi connectivity index (χ3n) is 4.63. The van der Waals surface area contributed by atoms with E-state index < -0.39 is 0 Å². The van der Waals surface area contributed by atoms with Crippen LogP contribution in [-0.4, -0.2) is 6.54 Å². The highest BCUT2D eigenvalue weighted by Crippen LogP contribution is 2.30. The van der Waals surface area contributed by atoms with Crippen LogP contribution in [0.2, 0.25) is 0 Å². The number of anilines is 2. The van der Waals surface area contributed by atoms with Crippen LogP contribution in [0.25, 0.3) is 12.2 Å². The molecule has 0 unspecified atom stereocenters. The molecule has 22 heavy (non-hydrogen) atoms. The Balaban J connectivity index is 1.85. The quantitative estimate of drug-likeness (QED) is 0.518. The SMILES string of the molecule is C1=c2ccc3c(c2N(c2ccccc2)C1)C=c1ccccc1=3. The molecular weight excluding hydrogens is 266 g/mol. The molecule has 3 aromatic carbocycles. The van der Waals surface area contributed by atoms with Gasteiger partial charge in [0, 0.05) is 17.8 Å². The van der Waals surface area contributed by atoms with Crippen molar-refractivity contribution in [1.29, 1.82) is 0 Å². The zero-order chi connectivity index (χ0) is 14.5. The van der Waals surface area contributed by atoms with Gasteiger partial charge in [0.15, 0.2) is 0 Å². The van der Waals surface area contributed by atoms with Crippen LogP contribution < -0.4 is 15.3 Å². The maximum absolute atomic E-state index is 2.41. The number of fused-ring (bicyclic) bond motifs is 4. The fourth-order valence-corrected chi connectivity index (χ4v) is 3.62. The topological polar surface area (TPSA) is 3.24 Å². The van der Waals surface area contributed by atoms with Gasteiger partial charge in [-0.15, -0.1) is 0 Å². The van der Waals surface area contributed by atoms with Crippen LogP contribution in [0.3, 0.4) is 0 Å². The van der Waals surface area contributed by atoms with Crippen LogP contribution in [0.5, 0.6) is 0 Å². The first-order valence-corrected chi connectivity index (χ1v) is 7.69. The molecule has 0 saturated carbocycles. The molecule has 0 spiro atoms. The summed E-state index contributed by atoms with van der Waals surface area (Å²) < 4.78 is 0. The smallest absolute Gasteiger partial charge is 0.0564 e. The Morgan fingerprint density at radius 1 is 0.682 bits per heavy atom. The van der Waals surface area contributed by atoms with E-state index in [1.54, 1.807) is 0 Å². The number of benzene rings is 3. The Bertz CT molecular complexity index is 1090. The van der Waals surface area contributed by atoms with Gasteiger partial charge >= 0.3 is 0 Å². The van der Waals surface area contributed by atoms with Crippen molar-refractivity contribution in [2.24, 2.45) is 0 Å². The number of rotatable bonds is 1. The molecule has 2 aliphatic rings. The highest BCUT2D eigenvalue weighted by atomic mass is 15.1. The van der Waals surface area contributed by atoms with Crippen LogP contribution in [0, 0.1) is 10.4 Å². The normalized spacial score (nSPS) is 13.9. The molecule has 1 aliphatic carbocycles. The lowest BCUT2D eigenvalue weighted by atomic mass is 10.1. The van der Waals surface area contributed by atoms with E-state index >= 15 is 0 Å². The lowest BCUT2D eigenvalue weighted by Crippen LogP contribution is -2.16. The average molecular weight is 281 g/mol. The summed E-state index contributed by atoms with van der Waals surface area (Å²) in [7, 11) is 0. The second-order valence-corrected chi connectivity index (χ2v) is 5.85. The summed E-state index contributed by atoms with van der Waals surface area (Å²) in [5.41, 5.74) is 3.96. The molecule has 5 rings (SSSR count). The van der Waals surface area contributed by atoms with Crippen molar-refractivity contribution < 1.29 is 0 Å². The van der Waals surface area contributed by atoms with Crippen LogP contribution >= 0.6 is 0 Å². The van der Waals surface area contributed by atoms with E-state index in [4.69, 9.17) is 0 Å². The zero-order valence-corrected chi connectivity index (χ0v) is 12.2. The van der Waals surface area contributed by atoms with E-state index in [1.165, 1.54) is 37.8 Å². The second kappa shape index (κ2) is 4.35. The maximum Gasteiger partial charge on any atom is 0.0564 e. The van der Waals surface area contributed by atoms with E-state index in [0.717, 1.165) is 6.54 Å². The van der Waals surface area contributed by atoms with Crippen molar-refractivity contribution in [1.82, 2.24) is 0 Å². The molecule has 1 aliphatic heterocycles. The van der Waals surface area contributed by atoms with Crippen LogP contribution in [0.15, 0.2) is 66.7 Å². The molecular formula is C21H15N. The summed E-state index contributed by atoms with van der Waals surface area (Å²) in [5, 5.41) is 5.36. The predicted octanol–water partition coefficient (Wildman–Crippen LogP) is 3.05. The lowest BCUT2D eigenvalue weighted by Gasteiger charge is -2.21. The van der Waals surface area contributed by atoms with Crippen LogP contribution in [0.4, 0.5) is 11.4 Å². The van der Waals surface area contributed by atoms with Gasteiger partial charge in [0.2, 0.25) is 0 Å². The Hall–Kier alpha value is -2.80. The van der Waals surface area contributed by atoms with Gasteiger partial charge < -0.3 is 4.90 Å². The standard InChI is InChI=1S/C21H15N/c1-2-7-17(8-3-1)22-13-12-15-10-11-19-18-9-5-4-6-16(18)14-20(19)21(15)22/h1-12,14H,13H2. The molecule has 0 aromatic heterocycles. The summed E-state index contributed by atoms with van der Waals surface area (Å²) in [6.45, 7) is 0.944. The summed E-state index contributed by atoms with van der Waals surface area (Å²) in [4.78, 5) is 2.41. The molecule has 1 heteroatoms. The molecule has 0 radical (unpaired) electrons. The monoisotopic (exact) mass is 281 g/mol. The fraction of sp³-hybridized carbons (Fsp3) is 0.0476. The summed E-state index contributed by atoms with van der Waals surface area (Å²) in [5.74, 6) is 0. The number of hydrogen-bond acceptors (Lipinski definition) is 1. The lowest BCUT2D eigenvalue weighted by molar-refractivity contribution is 1.15. The van der Waals surface area contributed by atoms with E-state index in [-0.39, 0.29) is 0 Å². The second-order valence-electron chi connectivity index (χ2n) is 5.85. The largest absolute Gasteiger partial charge is 0.337 e. The fourth-order valence-electron chi connectivity index (χ4n) is 3.62. The van der Waals surface area contributed by atoms with Crippen molar-refractivity contribution in [3.05, 3.63) is 93.2 Å². The van der Waals surface area contributed by atoms with E-state index in [2.05, 4.69) is 83.8 Å². The molecule has 0 bridgehead atoms. The Morgan fingerprint density at radius 3 is 2.41 bits per heavy atom. The average Bonchev–Trinajstić information content (AvgIpc) is 3.16. The minimum Gasteiger partial charge on any atom is -0.337 e. The number of nitrogens with zero attached hydrogens (tertiary/aromatic N) is 1. The predicted molar refractivity (Wildman–Crippen MR) is 91.3 cm³/mol. The molecule has 0 N–H and O–H groups in total. The van der Waals surface area contributed by atoms with Crippen molar-refractivity contribution in [3.8, 4) is 0 Å². The van der Waals surface area contributed by atoms with Gasteiger partial charge in [-0.1, -0.05) is 60.7 Å².